The van der Waals surface area contributed by atoms with Crippen molar-refractivity contribution in [3.8, 4) is 0 Å². The largest absolute Gasteiger partial charge is 1.00 e. The van der Waals surface area contributed by atoms with Crippen molar-refractivity contribution in [1.29, 1.82) is 0 Å². The zero-order chi connectivity index (χ0) is 11.7. The predicted octanol–water partition coefficient (Wildman–Crippen LogP) is -1.35. The van der Waals surface area contributed by atoms with Gasteiger partial charge in [-0.1, -0.05) is 39.0 Å². The summed E-state index contributed by atoms with van der Waals surface area (Å²) in [5, 5.41) is 9.37. The Morgan fingerprint density at radius 3 is 2.19 bits per heavy atom. The number of aliphatic hydroxyl groups is 1. The van der Waals surface area contributed by atoms with Crippen LogP contribution in [0.25, 0.3) is 0 Å². The third kappa shape index (κ3) is 14.9. The summed E-state index contributed by atoms with van der Waals surface area (Å²) in [6.07, 6.45) is 5.52. The second kappa shape index (κ2) is 11.0. The van der Waals surface area contributed by atoms with Crippen LogP contribution in [-0.2, 0) is 10.1 Å². The van der Waals surface area contributed by atoms with E-state index in [2.05, 4.69) is 6.92 Å². The summed E-state index contributed by atoms with van der Waals surface area (Å²) in [5.41, 5.74) is 0. The molecule has 0 rings (SSSR count). The maximum atomic E-state index is 10.3. The quantitative estimate of drug-likeness (QED) is 0.316. The van der Waals surface area contributed by atoms with Crippen molar-refractivity contribution in [3.63, 3.8) is 0 Å². The van der Waals surface area contributed by atoms with E-state index in [1.54, 1.807) is 0 Å². The fraction of sp³-hybridized carbons (Fsp3) is 1.00. The molecule has 92 valence electrons. The Morgan fingerprint density at radius 1 is 1.12 bits per heavy atom. The first-order valence-electron chi connectivity index (χ1n) is 5.57. The molecule has 0 saturated heterocycles. The van der Waals surface area contributed by atoms with E-state index < -0.39 is 22.0 Å². The summed E-state index contributed by atoms with van der Waals surface area (Å²) < 4.78 is 30.9. The van der Waals surface area contributed by atoms with Crippen molar-refractivity contribution in [1.82, 2.24) is 0 Å². The van der Waals surface area contributed by atoms with Crippen LogP contribution in [0.1, 0.15) is 51.9 Å². The number of hydrogen-bond donors (Lipinski definition) is 1. The molecule has 0 aliphatic rings. The van der Waals surface area contributed by atoms with Crippen LogP contribution in [0.4, 0.5) is 0 Å². The van der Waals surface area contributed by atoms with Crippen LogP contribution in [0.15, 0.2) is 0 Å². The smallest absolute Gasteiger partial charge is 0.748 e. The van der Waals surface area contributed by atoms with Gasteiger partial charge in [0.2, 0.25) is 0 Å². The summed E-state index contributed by atoms with van der Waals surface area (Å²) in [5.74, 6) is -0.455. The number of hydrogen-bond acceptors (Lipinski definition) is 4. The van der Waals surface area contributed by atoms with Crippen LogP contribution in [0.2, 0.25) is 0 Å². The van der Waals surface area contributed by atoms with Gasteiger partial charge < -0.3 is 9.66 Å². The third-order valence-corrected chi connectivity index (χ3v) is 3.08. The van der Waals surface area contributed by atoms with Crippen molar-refractivity contribution in [2.24, 2.45) is 0 Å². The average molecular weight is 260 g/mol. The second-order valence-electron chi connectivity index (χ2n) is 3.91. The third-order valence-electron chi connectivity index (χ3n) is 2.34. The van der Waals surface area contributed by atoms with Crippen LogP contribution in [0.5, 0.6) is 0 Å². The van der Waals surface area contributed by atoms with Gasteiger partial charge in [0, 0.05) is 5.75 Å². The van der Waals surface area contributed by atoms with E-state index >= 15 is 0 Å². The van der Waals surface area contributed by atoms with Gasteiger partial charge in [-0.3, -0.25) is 0 Å². The normalized spacial score (nSPS) is 13.2. The molecule has 4 nitrogen and oxygen atoms in total. The van der Waals surface area contributed by atoms with Crippen LogP contribution in [0.3, 0.4) is 0 Å². The van der Waals surface area contributed by atoms with Gasteiger partial charge in [0.05, 0.1) is 16.2 Å². The number of rotatable bonds is 9. The molecule has 0 fully saturated rings. The molecule has 0 radical (unpaired) electrons. The Morgan fingerprint density at radius 2 is 1.69 bits per heavy atom. The molecule has 0 amide bonds. The Kier molecular flexibility index (Phi) is 13.2. The van der Waals surface area contributed by atoms with E-state index in [9.17, 15) is 18.1 Å². The van der Waals surface area contributed by atoms with Gasteiger partial charge in [-0.15, -0.1) is 0 Å². The van der Waals surface area contributed by atoms with Gasteiger partial charge >= 0.3 is 29.6 Å². The molecule has 6 heteroatoms. The molecule has 0 saturated carbocycles. The van der Waals surface area contributed by atoms with Gasteiger partial charge in [-0.25, -0.2) is 8.42 Å². The van der Waals surface area contributed by atoms with Crippen molar-refractivity contribution in [2.75, 3.05) is 5.75 Å². The standard InChI is InChI=1S/C10H22O4S.Na/c1-2-3-4-5-6-7-10(11)8-9-15(12,13)14;/h10-11H,2-9H2,1H3,(H,12,13,14);/q;+1/p-1. The molecular weight excluding hydrogens is 239 g/mol. The van der Waals surface area contributed by atoms with Crippen LogP contribution < -0.4 is 29.6 Å². The van der Waals surface area contributed by atoms with Gasteiger partial charge in [0.1, 0.15) is 0 Å². The maximum Gasteiger partial charge on any atom is 1.00 e. The van der Waals surface area contributed by atoms with Crippen LogP contribution in [-0.4, -0.2) is 29.9 Å². The van der Waals surface area contributed by atoms with Crippen molar-refractivity contribution in [2.45, 2.75) is 58.0 Å². The monoisotopic (exact) mass is 260 g/mol. The molecule has 0 aliphatic carbocycles. The summed E-state index contributed by atoms with van der Waals surface area (Å²) in [6.45, 7) is 2.13. The molecule has 0 heterocycles. The summed E-state index contributed by atoms with van der Waals surface area (Å²) in [4.78, 5) is 0. The second-order valence-corrected chi connectivity index (χ2v) is 5.43. The van der Waals surface area contributed by atoms with Crippen molar-refractivity contribution < 1.29 is 47.6 Å². The number of aliphatic hydroxyl groups excluding tert-OH is 1. The molecule has 1 atom stereocenters. The molecular formula is C10H21NaO4S. The molecule has 1 unspecified atom stereocenters. The van der Waals surface area contributed by atoms with Crippen molar-refractivity contribution in [3.05, 3.63) is 0 Å². The summed E-state index contributed by atoms with van der Waals surface area (Å²) in [6, 6.07) is 0. The van der Waals surface area contributed by atoms with E-state index in [0.29, 0.717) is 6.42 Å². The zero-order valence-electron chi connectivity index (χ0n) is 10.3. The van der Waals surface area contributed by atoms with Crippen LogP contribution >= 0.6 is 0 Å². The minimum atomic E-state index is -4.17. The van der Waals surface area contributed by atoms with E-state index in [1.165, 1.54) is 12.8 Å². The fourth-order valence-corrected chi connectivity index (χ4v) is 1.97. The molecule has 16 heavy (non-hydrogen) atoms. The molecule has 0 bridgehead atoms. The molecule has 0 aromatic rings. The topological polar surface area (TPSA) is 77.4 Å². The Bertz CT molecular complexity index is 241. The van der Waals surface area contributed by atoms with Gasteiger partial charge in [-0.2, -0.15) is 0 Å². The van der Waals surface area contributed by atoms with Gasteiger partial charge in [0.15, 0.2) is 0 Å². The summed E-state index contributed by atoms with van der Waals surface area (Å²) >= 11 is 0. The first-order chi connectivity index (χ1) is 6.95. The van der Waals surface area contributed by atoms with Crippen molar-refractivity contribution >= 4 is 10.1 Å². The van der Waals surface area contributed by atoms with E-state index in [-0.39, 0.29) is 36.0 Å². The summed E-state index contributed by atoms with van der Waals surface area (Å²) in [7, 11) is -4.17. The zero-order valence-corrected chi connectivity index (χ0v) is 13.1. The van der Waals surface area contributed by atoms with Crippen LogP contribution in [0, 0.1) is 0 Å². The van der Waals surface area contributed by atoms with Gasteiger partial charge in [0.25, 0.3) is 0 Å². The first kappa shape index (κ1) is 19.2. The molecule has 1 N–H and O–H groups in total. The predicted molar refractivity (Wildman–Crippen MR) is 58.6 cm³/mol. The Labute approximate surface area is 121 Å². The van der Waals surface area contributed by atoms with E-state index in [1.807, 2.05) is 0 Å². The minimum Gasteiger partial charge on any atom is -0.748 e. The Balaban J connectivity index is 0. The SMILES string of the molecule is CCCCCCCC(O)CCS(=O)(=O)[O-].[Na+]. The Hall–Kier alpha value is 0.870. The molecule has 0 aromatic carbocycles. The minimum absolute atomic E-state index is 0. The van der Waals surface area contributed by atoms with Gasteiger partial charge in [-0.05, 0) is 12.8 Å². The number of unbranched alkanes of at least 4 members (excludes halogenated alkanes) is 4. The average Bonchev–Trinajstić information content (AvgIpc) is 2.13. The van der Waals surface area contributed by atoms with E-state index in [0.717, 1.165) is 19.3 Å². The molecule has 0 aliphatic heterocycles. The fourth-order valence-electron chi connectivity index (χ4n) is 1.41. The first-order valence-corrected chi connectivity index (χ1v) is 7.15. The van der Waals surface area contributed by atoms with E-state index in [4.69, 9.17) is 0 Å². The molecule has 0 spiro atoms. The maximum absolute atomic E-state index is 10.3. The molecule has 0 aromatic heterocycles.